The van der Waals surface area contributed by atoms with Crippen molar-refractivity contribution >= 4 is 16.9 Å². The number of ether oxygens (including phenoxy) is 1. The third-order valence-electron chi connectivity index (χ3n) is 2.96. The second kappa shape index (κ2) is 5.63. The van der Waals surface area contributed by atoms with Crippen molar-refractivity contribution in [1.82, 2.24) is 4.98 Å². The molecule has 0 radical (unpaired) electrons. The molecule has 0 N–H and O–H groups in total. The Morgan fingerprint density at radius 3 is 2.94 bits per heavy atom. The predicted octanol–water partition coefficient (Wildman–Crippen LogP) is 3.29. The summed E-state index contributed by atoms with van der Waals surface area (Å²) in [5, 5.41) is 1.10. The van der Waals surface area contributed by atoms with E-state index in [1.165, 1.54) is 0 Å². The van der Waals surface area contributed by atoms with Gasteiger partial charge in [-0.2, -0.15) is 0 Å². The Morgan fingerprint density at radius 1 is 1.39 bits per heavy atom. The van der Waals surface area contributed by atoms with Gasteiger partial charge in [-0.1, -0.05) is 25.1 Å². The zero-order chi connectivity index (χ0) is 13.0. The van der Waals surface area contributed by atoms with Gasteiger partial charge in [0.25, 0.3) is 0 Å². The quantitative estimate of drug-likeness (QED) is 0.773. The molecule has 3 heteroatoms. The van der Waals surface area contributed by atoms with Crippen LogP contribution in [0.4, 0.5) is 0 Å². The summed E-state index contributed by atoms with van der Waals surface area (Å²) in [6.45, 7) is 4.27. The van der Waals surface area contributed by atoms with Crippen LogP contribution in [0.1, 0.15) is 31.7 Å². The highest BCUT2D eigenvalue weighted by molar-refractivity contribution is 5.79. The van der Waals surface area contributed by atoms with Gasteiger partial charge < -0.3 is 4.74 Å². The van der Waals surface area contributed by atoms with Gasteiger partial charge in [0.05, 0.1) is 18.5 Å². The first-order chi connectivity index (χ1) is 8.70. The van der Waals surface area contributed by atoms with E-state index in [0.717, 1.165) is 16.5 Å². The van der Waals surface area contributed by atoms with Gasteiger partial charge in [-0.25, -0.2) is 0 Å². The minimum absolute atomic E-state index is 0.126. The van der Waals surface area contributed by atoms with Crippen molar-refractivity contribution < 1.29 is 9.53 Å². The predicted molar refractivity (Wildman–Crippen MR) is 71.4 cm³/mol. The Hall–Kier alpha value is -1.90. The van der Waals surface area contributed by atoms with E-state index in [-0.39, 0.29) is 11.9 Å². The number of rotatable bonds is 4. The largest absolute Gasteiger partial charge is 0.466 e. The molecule has 0 aliphatic heterocycles. The van der Waals surface area contributed by atoms with Crippen molar-refractivity contribution in [1.29, 1.82) is 0 Å². The van der Waals surface area contributed by atoms with Crippen molar-refractivity contribution in [3.05, 3.63) is 42.1 Å². The first-order valence-electron chi connectivity index (χ1n) is 6.21. The number of nitrogens with zero attached hydrogens (tertiary/aromatic N) is 1. The zero-order valence-corrected chi connectivity index (χ0v) is 10.7. The molecule has 18 heavy (non-hydrogen) atoms. The first kappa shape index (κ1) is 12.6. The summed E-state index contributed by atoms with van der Waals surface area (Å²) < 4.78 is 4.96. The van der Waals surface area contributed by atoms with Crippen LogP contribution in [0.2, 0.25) is 0 Å². The average molecular weight is 243 g/mol. The van der Waals surface area contributed by atoms with Crippen LogP contribution in [0.15, 0.2) is 36.5 Å². The second-order valence-electron chi connectivity index (χ2n) is 4.37. The van der Waals surface area contributed by atoms with Crippen LogP contribution in [0.3, 0.4) is 0 Å². The number of carbonyl (C=O) groups excluding carboxylic acids is 1. The van der Waals surface area contributed by atoms with E-state index in [1.54, 1.807) is 0 Å². The number of carbonyl (C=O) groups is 1. The average Bonchev–Trinajstić information content (AvgIpc) is 2.38. The first-order valence-corrected chi connectivity index (χ1v) is 6.21. The normalized spacial score (nSPS) is 12.3. The summed E-state index contributed by atoms with van der Waals surface area (Å²) >= 11 is 0. The maximum Gasteiger partial charge on any atom is 0.306 e. The molecule has 0 saturated carbocycles. The standard InChI is InChI=1S/C15H17NO2/c1-3-18-15(17)8-11(2)13-9-12-6-4-5-7-14(12)16-10-13/h4-7,9-11H,3,8H2,1-2H3. The van der Waals surface area contributed by atoms with Crippen molar-refractivity contribution in [3.8, 4) is 0 Å². The van der Waals surface area contributed by atoms with E-state index in [1.807, 2.05) is 44.3 Å². The van der Waals surface area contributed by atoms with E-state index in [9.17, 15) is 4.79 Å². The lowest BCUT2D eigenvalue weighted by molar-refractivity contribution is -0.143. The summed E-state index contributed by atoms with van der Waals surface area (Å²) in [5.74, 6) is -0.0284. The monoisotopic (exact) mass is 243 g/mol. The molecule has 2 aromatic rings. The maximum absolute atomic E-state index is 11.4. The summed E-state index contributed by atoms with van der Waals surface area (Å²) in [6.07, 6.45) is 2.24. The number of aromatic nitrogens is 1. The van der Waals surface area contributed by atoms with Crippen LogP contribution in [-0.2, 0) is 9.53 Å². The lowest BCUT2D eigenvalue weighted by Gasteiger charge is -2.11. The smallest absolute Gasteiger partial charge is 0.306 e. The van der Waals surface area contributed by atoms with Gasteiger partial charge in [-0.3, -0.25) is 9.78 Å². The van der Waals surface area contributed by atoms with Gasteiger partial charge in [0.2, 0.25) is 0 Å². The SMILES string of the molecule is CCOC(=O)CC(C)c1cnc2ccccc2c1. The van der Waals surface area contributed by atoms with Crippen LogP contribution >= 0.6 is 0 Å². The van der Waals surface area contributed by atoms with Gasteiger partial charge in [0.15, 0.2) is 0 Å². The van der Waals surface area contributed by atoms with E-state index < -0.39 is 0 Å². The molecule has 1 aromatic carbocycles. The molecule has 0 aliphatic carbocycles. The number of fused-ring (bicyclic) bond motifs is 1. The molecule has 1 atom stereocenters. The molecule has 1 unspecified atom stereocenters. The molecule has 0 fully saturated rings. The Labute approximate surface area is 107 Å². The number of esters is 1. The lowest BCUT2D eigenvalue weighted by atomic mass is 9.98. The van der Waals surface area contributed by atoms with E-state index in [0.29, 0.717) is 13.0 Å². The Balaban J connectivity index is 2.17. The van der Waals surface area contributed by atoms with Crippen LogP contribution in [0.25, 0.3) is 10.9 Å². The zero-order valence-electron chi connectivity index (χ0n) is 10.7. The van der Waals surface area contributed by atoms with Gasteiger partial charge >= 0.3 is 5.97 Å². The molecular formula is C15H17NO2. The van der Waals surface area contributed by atoms with Crippen molar-refractivity contribution in [2.24, 2.45) is 0 Å². The minimum Gasteiger partial charge on any atom is -0.466 e. The van der Waals surface area contributed by atoms with Crippen molar-refractivity contribution in [2.75, 3.05) is 6.61 Å². The molecular weight excluding hydrogens is 226 g/mol. The fourth-order valence-corrected chi connectivity index (χ4v) is 1.95. The Bertz CT molecular complexity index is 551. The highest BCUT2D eigenvalue weighted by Gasteiger charge is 2.12. The molecule has 1 aromatic heterocycles. The van der Waals surface area contributed by atoms with Crippen LogP contribution in [-0.4, -0.2) is 17.6 Å². The number of benzene rings is 1. The summed E-state index contributed by atoms with van der Waals surface area (Å²) in [5.41, 5.74) is 2.05. The fourth-order valence-electron chi connectivity index (χ4n) is 1.95. The number of pyridine rings is 1. The fraction of sp³-hybridized carbons (Fsp3) is 0.333. The lowest BCUT2D eigenvalue weighted by Crippen LogP contribution is -2.08. The molecule has 2 rings (SSSR count). The van der Waals surface area contributed by atoms with Crippen LogP contribution < -0.4 is 0 Å². The number of para-hydroxylation sites is 1. The van der Waals surface area contributed by atoms with E-state index in [4.69, 9.17) is 4.74 Å². The van der Waals surface area contributed by atoms with Gasteiger partial charge in [-0.15, -0.1) is 0 Å². The number of hydrogen-bond donors (Lipinski definition) is 0. The topological polar surface area (TPSA) is 39.2 Å². The summed E-state index contributed by atoms with van der Waals surface area (Å²) in [4.78, 5) is 15.9. The molecule has 0 bridgehead atoms. The molecule has 94 valence electrons. The molecule has 0 aliphatic rings. The molecule has 0 amide bonds. The van der Waals surface area contributed by atoms with Gasteiger partial charge in [0, 0.05) is 11.6 Å². The number of hydrogen-bond acceptors (Lipinski definition) is 3. The molecule has 1 heterocycles. The maximum atomic E-state index is 11.4. The molecule has 3 nitrogen and oxygen atoms in total. The van der Waals surface area contributed by atoms with Crippen molar-refractivity contribution in [2.45, 2.75) is 26.2 Å². The Morgan fingerprint density at radius 2 is 2.17 bits per heavy atom. The highest BCUT2D eigenvalue weighted by Crippen LogP contribution is 2.22. The van der Waals surface area contributed by atoms with Crippen LogP contribution in [0.5, 0.6) is 0 Å². The second-order valence-corrected chi connectivity index (χ2v) is 4.37. The summed E-state index contributed by atoms with van der Waals surface area (Å²) in [7, 11) is 0. The third kappa shape index (κ3) is 2.86. The van der Waals surface area contributed by atoms with Gasteiger partial charge in [-0.05, 0) is 30.5 Å². The highest BCUT2D eigenvalue weighted by atomic mass is 16.5. The summed E-state index contributed by atoms with van der Waals surface area (Å²) in [6, 6.07) is 10.1. The van der Waals surface area contributed by atoms with E-state index in [2.05, 4.69) is 11.1 Å². The van der Waals surface area contributed by atoms with Crippen LogP contribution in [0, 0.1) is 0 Å². The minimum atomic E-state index is -0.154. The third-order valence-corrected chi connectivity index (χ3v) is 2.96. The van der Waals surface area contributed by atoms with Gasteiger partial charge in [0.1, 0.15) is 0 Å². The van der Waals surface area contributed by atoms with E-state index >= 15 is 0 Å². The molecule has 0 saturated heterocycles. The Kier molecular flexibility index (Phi) is 3.92. The molecule has 0 spiro atoms. The van der Waals surface area contributed by atoms with Crippen molar-refractivity contribution in [3.63, 3.8) is 0 Å².